The van der Waals surface area contributed by atoms with E-state index in [1.807, 2.05) is 25.1 Å². The maximum Gasteiger partial charge on any atom is 0.208 e. The number of hydrogen-bond donors (Lipinski definition) is 2. The van der Waals surface area contributed by atoms with Gasteiger partial charge in [-0.05, 0) is 24.6 Å². The van der Waals surface area contributed by atoms with Gasteiger partial charge in [-0.1, -0.05) is 6.07 Å². The number of methoxy groups -OCH3 is 1. The summed E-state index contributed by atoms with van der Waals surface area (Å²) >= 11 is 0. The van der Waals surface area contributed by atoms with E-state index < -0.39 is 10.0 Å². The third-order valence-electron chi connectivity index (χ3n) is 2.52. The van der Waals surface area contributed by atoms with Crippen LogP contribution in [-0.4, -0.2) is 41.5 Å². The quantitative estimate of drug-likeness (QED) is 0.658. The Kier molecular flexibility index (Phi) is 6.77. The van der Waals surface area contributed by atoms with Crippen LogP contribution in [0.25, 0.3) is 0 Å². The smallest absolute Gasteiger partial charge is 0.208 e. The second kappa shape index (κ2) is 8.08. The zero-order valence-electron chi connectivity index (χ0n) is 12.1. The number of nitrogens with one attached hydrogen (secondary N) is 2. The van der Waals surface area contributed by atoms with Crippen molar-refractivity contribution >= 4 is 10.0 Å². The highest BCUT2D eigenvalue weighted by atomic mass is 32.2. The van der Waals surface area contributed by atoms with Crippen molar-refractivity contribution in [1.82, 2.24) is 10.0 Å². The number of sulfonamides is 1. The molecule has 2 N–H and O–H groups in total. The number of benzene rings is 1. The Hall–Kier alpha value is -1.31. The molecule has 0 fully saturated rings. The summed E-state index contributed by atoms with van der Waals surface area (Å²) in [5.41, 5.74) is 1.05. The summed E-state index contributed by atoms with van der Waals surface area (Å²) in [6, 6.07) is 5.72. The molecule has 0 saturated carbocycles. The van der Waals surface area contributed by atoms with E-state index in [2.05, 4.69) is 10.0 Å². The standard InChI is InChI=1S/C13H22N2O4S/c1-4-19-13-9-11(5-6-12(13)18-2)10-14-7-8-15-20(3,16)17/h5-6,9,14-15H,4,7-8,10H2,1-3H3. The molecular weight excluding hydrogens is 280 g/mol. The van der Waals surface area contributed by atoms with Gasteiger partial charge in [0.1, 0.15) is 0 Å². The van der Waals surface area contributed by atoms with Gasteiger partial charge in [-0.25, -0.2) is 13.1 Å². The Labute approximate surface area is 120 Å². The minimum absolute atomic E-state index is 0.368. The number of ether oxygens (including phenoxy) is 2. The molecule has 0 atom stereocenters. The van der Waals surface area contributed by atoms with Crippen LogP contribution in [0, 0.1) is 0 Å². The number of rotatable bonds is 9. The summed E-state index contributed by atoms with van der Waals surface area (Å²) in [5, 5.41) is 3.16. The van der Waals surface area contributed by atoms with Gasteiger partial charge < -0.3 is 14.8 Å². The maximum atomic E-state index is 10.9. The van der Waals surface area contributed by atoms with Gasteiger partial charge >= 0.3 is 0 Å². The van der Waals surface area contributed by atoms with E-state index in [4.69, 9.17) is 9.47 Å². The van der Waals surface area contributed by atoms with Crippen LogP contribution in [0.1, 0.15) is 12.5 Å². The Morgan fingerprint density at radius 3 is 2.55 bits per heavy atom. The van der Waals surface area contributed by atoms with Crippen molar-refractivity contribution in [2.75, 3.05) is 33.1 Å². The van der Waals surface area contributed by atoms with E-state index in [0.29, 0.717) is 37.7 Å². The fourth-order valence-electron chi connectivity index (χ4n) is 1.66. The first-order valence-corrected chi connectivity index (χ1v) is 8.30. The molecule has 20 heavy (non-hydrogen) atoms. The lowest BCUT2D eigenvalue weighted by atomic mass is 10.2. The predicted molar refractivity (Wildman–Crippen MR) is 78.7 cm³/mol. The van der Waals surface area contributed by atoms with Crippen molar-refractivity contribution in [3.05, 3.63) is 23.8 Å². The van der Waals surface area contributed by atoms with Crippen molar-refractivity contribution in [2.45, 2.75) is 13.5 Å². The average molecular weight is 302 g/mol. The Bertz CT molecular complexity index is 517. The molecule has 0 amide bonds. The van der Waals surface area contributed by atoms with Gasteiger partial charge in [-0.15, -0.1) is 0 Å². The van der Waals surface area contributed by atoms with E-state index in [1.165, 1.54) is 0 Å². The third kappa shape index (κ3) is 6.23. The summed E-state index contributed by atoms with van der Waals surface area (Å²) in [7, 11) is -1.52. The van der Waals surface area contributed by atoms with Gasteiger partial charge in [0.05, 0.1) is 20.0 Å². The zero-order valence-corrected chi connectivity index (χ0v) is 12.9. The molecule has 0 saturated heterocycles. The highest BCUT2D eigenvalue weighted by Crippen LogP contribution is 2.27. The molecule has 0 unspecified atom stereocenters. The topological polar surface area (TPSA) is 76.7 Å². The molecule has 0 aliphatic rings. The molecule has 0 heterocycles. The average Bonchev–Trinajstić information content (AvgIpc) is 2.38. The lowest BCUT2D eigenvalue weighted by molar-refractivity contribution is 0.310. The molecule has 6 nitrogen and oxygen atoms in total. The van der Waals surface area contributed by atoms with Gasteiger partial charge in [0.25, 0.3) is 0 Å². The Morgan fingerprint density at radius 2 is 1.95 bits per heavy atom. The van der Waals surface area contributed by atoms with E-state index >= 15 is 0 Å². The van der Waals surface area contributed by atoms with E-state index in [9.17, 15) is 8.42 Å². The molecule has 7 heteroatoms. The van der Waals surface area contributed by atoms with Gasteiger partial charge in [0.15, 0.2) is 11.5 Å². The fraction of sp³-hybridized carbons (Fsp3) is 0.538. The fourth-order valence-corrected chi connectivity index (χ4v) is 2.13. The second-order valence-corrected chi connectivity index (χ2v) is 6.09. The molecule has 114 valence electrons. The van der Waals surface area contributed by atoms with Crippen molar-refractivity contribution < 1.29 is 17.9 Å². The molecule has 0 radical (unpaired) electrons. The van der Waals surface area contributed by atoms with Crippen LogP contribution in [-0.2, 0) is 16.6 Å². The molecule has 0 spiro atoms. The lowest BCUT2D eigenvalue weighted by Gasteiger charge is -2.11. The first kappa shape index (κ1) is 16.7. The predicted octanol–water partition coefficient (Wildman–Crippen LogP) is 0.733. The van der Waals surface area contributed by atoms with Crippen molar-refractivity contribution in [3.63, 3.8) is 0 Å². The van der Waals surface area contributed by atoms with Crippen LogP contribution < -0.4 is 19.5 Å². The molecule has 1 aromatic carbocycles. The molecule has 0 aliphatic carbocycles. The molecule has 0 aliphatic heterocycles. The molecule has 0 bridgehead atoms. The summed E-state index contributed by atoms with van der Waals surface area (Å²) in [5.74, 6) is 1.41. The van der Waals surface area contributed by atoms with Gasteiger partial charge in [-0.3, -0.25) is 0 Å². The highest BCUT2D eigenvalue weighted by molar-refractivity contribution is 7.88. The first-order chi connectivity index (χ1) is 9.46. The van der Waals surface area contributed by atoms with Gasteiger partial charge in [0.2, 0.25) is 10.0 Å². The maximum absolute atomic E-state index is 10.9. The largest absolute Gasteiger partial charge is 0.493 e. The SMILES string of the molecule is CCOc1cc(CNCCNS(C)(=O)=O)ccc1OC. The van der Waals surface area contributed by atoms with Crippen LogP contribution in [0.5, 0.6) is 11.5 Å². The highest BCUT2D eigenvalue weighted by Gasteiger charge is 2.05. The van der Waals surface area contributed by atoms with Crippen LogP contribution in [0.15, 0.2) is 18.2 Å². The monoisotopic (exact) mass is 302 g/mol. The van der Waals surface area contributed by atoms with Crippen molar-refractivity contribution in [2.24, 2.45) is 0 Å². The van der Waals surface area contributed by atoms with E-state index in [-0.39, 0.29) is 0 Å². The van der Waals surface area contributed by atoms with Crippen LogP contribution >= 0.6 is 0 Å². The van der Waals surface area contributed by atoms with Crippen LogP contribution in [0.2, 0.25) is 0 Å². The Balaban J connectivity index is 2.46. The minimum atomic E-state index is -3.12. The van der Waals surface area contributed by atoms with Crippen molar-refractivity contribution in [3.8, 4) is 11.5 Å². The van der Waals surface area contributed by atoms with E-state index in [1.54, 1.807) is 7.11 Å². The van der Waals surface area contributed by atoms with Crippen LogP contribution in [0.4, 0.5) is 0 Å². The lowest BCUT2D eigenvalue weighted by Crippen LogP contribution is -2.30. The summed E-state index contributed by atoms with van der Waals surface area (Å²) in [4.78, 5) is 0. The van der Waals surface area contributed by atoms with E-state index in [0.717, 1.165) is 11.8 Å². The molecule has 1 aromatic rings. The summed E-state index contributed by atoms with van der Waals surface area (Å²) in [6.45, 7) is 4.05. The molecule has 0 aromatic heterocycles. The molecule has 1 rings (SSSR count). The normalized spacial score (nSPS) is 11.3. The third-order valence-corrected chi connectivity index (χ3v) is 3.25. The van der Waals surface area contributed by atoms with Crippen molar-refractivity contribution in [1.29, 1.82) is 0 Å². The zero-order chi connectivity index (χ0) is 15.0. The van der Waals surface area contributed by atoms with Crippen LogP contribution in [0.3, 0.4) is 0 Å². The van der Waals surface area contributed by atoms with Gasteiger partial charge in [0, 0.05) is 19.6 Å². The second-order valence-electron chi connectivity index (χ2n) is 4.26. The molecular formula is C13H22N2O4S. The van der Waals surface area contributed by atoms with Gasteiger partial charge in [-0.2, -0.15) is 0 Å². The minimum Gasteiger partial charge on any atom is -0.493 e. The Morgan fingerprint density at radius 1 is 1.20 bits per heavy atom. The summed E-state index contributed by atoms with van der Waals surface area (Å²) in [6.07, 6.45) is 1.14. The summed E-state index contributed by atoms with van der Waals surface area (Å²) < 4.78 is 34.9. The first-order valence-electron chi connectivity index (χ1n) is 6.41. The number of hydrogen-bond acceptors (Lipinski definition) is 5.